The van der Waals surface area contributed by atoms with E-state index >= 15 is 0 Å². The summed E-state index contributed by atoms with van der Waals surface area (Å²) in [6.45, 7) is 2.99. The van der Waals surface area contributed by atoms with Gasteiger partial charge in [-0.15, -0.1) is 0 Å². The Kier molecular flexibility index (Phi) is 8.15. The van der Waals surface area contributed by atoms with Gasteiger partial charge in [-0.25, -0.2) is 4.98 Å². The summed E-state index contributed by atoms with van der Waals surface area (Å²) < 4.78 is 16.9. The predicted octanol–water partition coefficient (Wildman–Crippen LogP) is 5.47. The molecule has 1 aliphatic carbocycles. The molecule has 1 atom stereocenters. The standard InChI is InChI=1S/C29H34N4O4/c1-35-28-12-10-24-29(32-28)25(13-15-30-24)31-27(34)11-9-21-6-5-16-33(18-21)17-14-23-19-36-20-26(37-23)22-7-3-2-4-8-22/h2-3,7,10,12-13,15,19-21H,4-6,8-9,11,14,16-18H2,1H3,(H,30,31,34). The summed E-state index contributed by atoms with van der Waals surface area (Å²) in [5.41, 5.74) is 3.20. The van der Waals surface area contributed by atoms with Gasteiger partial charge in [0.2, 0.25) is 11.8 Å². The van der Waals surface area contributed by atoms with E-state index in [0.29, 0.717) is 29.4 Å². The van der Waals surface area contributed by atoms with E-state index in [1.807, 2.05) is 6.07 Å². The van der Waals surface area contributed by atoms with Gasteiger partial charge in [0, 0.05) is 38.2 Å². The first-order valence-corrected chi connectivity index (χ1v) is 13.1. The number of piperidine rings is 1. The van der Waals surface area contributed by atoms with Gasteiger partial charge < -0.3 is 24.4 Å². The van der Waals surface area contributed by atoms with Crippen molar-refractivity contribution in [3.8, 4) is 5.88 Å². The number of nitrogens with one attached hydrogen (secondary N) is 1. The van der Waals surface area contributed by atoms with Crippen LogP contribution in [-0.2, 0) is 14.3 Å². The van der Waals surface area contributed by atoms with Crippen LogP contribution in [0.2, 0.25) is 0 Å². The highest BCUT2D eigenvalue weighted by molar-refractivity contribution is 5.99. The number of amides is 1. The third-order valence-corrected chi connectivity index (χ3v) is 7.04. The fourth-order valence-electron chi connectivity index (χ4n) is 5.05. The number of hydrogen-bond donors (Lipinski definition) is 1. The number of carbonyl (C=O) groups is 1. The van der Waals surface area contributed by atoms with Crippen LogP contribution >= 0.6 is 0 Å². The summed E-state index contributed by atoms with van der Waals surface area (Å²) in [6, 6.07) is 5.39. The van der Waals surface area contributed by atoms with Gasteiger partial charge >= 0.3 is 0 Å². The van der Waals surface area contributed by atoms with E-state index in [4.69, 9.17) is 14.2 Å². The van der Waals surface area contributed by atoms with Crippen LogP contribution < -0.4 is 10.1 Å². The summed E-state index contributed by atoms with van der Waals surface area (Å²) in [5, 5.41) is 3.02. The molecule has 1 fully saturated rings. The van der Waals surface area contributed by atoms with E-state index in [2.05, 4.69) is 38.4 Å². The normalized spacial score (nSPS) is 19.8. The van der Waals surface area contributed by atoms with Gasteiger partial charge in [-0.05, 0) is 62.3 Å². The molecule has 4 heterocycles. The zero-order chi connectivity index (χ0) is 25.5. The highest BCUT2D eigenvalue weighted by Crippen LogP contribution is 2.28. The molecule has 1 N–H and O–H groups in total. The molecule has 1 saturated heterocycles. The minimum absolute atomic E-state index is 0.00154. The zero-order valence-corrected chi connectivity index (χ0v) is 21.3. The van der Waals surface area contributed by atoms with Crippen molar-refractivity contribution in [2.45, 2.75) is 44.9 Å². The Labute approximate surface area is 217 Å². The van der Waals surface area contributed by atoms with Crippen molar-refractivity contribution in [1.29, 1.82) is 0 Å². The maximum absolute atomic E-state index is 12.8. The van der Waals surface area contributed by atoms with Crippen LogP contribution in [0.4, 0.5) is 5.69 Å². The molecule has 0 aromatic carbocycles. The summed E-state index contributed by atoms with van der Waals surface area (Å²) in [5.74, 6) is 2.68. The number of carbonyl (C=O) groups excluding carboxylic acids is 1. The van der Waals surface area contributed by atoms with Crippen LogP contribution in [-0.4, -0.2) is 47.5 Å². The van der Waals surface area contributed by atoms with Crippen molar-refractivity contribution in [3.63, 3.8) is 0 Å². The fourth-order valence-corrected chi connectivity index (χ4v) is 5.05. The van der Waals surface area contributed by atoms with Crippen LogP contribution in [0.1, 0.15) is 44.9 Å². The number of rotatable bonds is 9. The van der Waals surface area contributed by atoms with Crippen molar-refractivity contribution in [1.82, 2.24) is 14.9 Å². The third-order valence-electron chi connectivity index (χ3n) is 7.04. The number of anilines is 1. The van der Waals surface area contributed by atoms with Gasteiger partial charge in [-0.3, -0.25) is 9.78 Å². The first-order valence-electron chi connectivity index (χ1n) is 13.1. The summed E-state index contributed by atoms with van der Waals surface area (Å²) in [6.07, 6.45) is 17.9. The quantitative estimate of drug-likeness (QED) is 0.487. The van der Waals surface area contributed by atoms with Crippen molar-refractivity contribution < 1.29 is 19.0 Å². The first-order chi connectivity index (χ1) is 18.2. The van der Waals surface area contributed by atoms with Crippen molar-refractivity contribution in [2.75, 3.05) is 32.1 Å². The summed E-state index contributed by atoms with van der Waals surface area (Å²) in [4.78, 5) is 24.0. The number of allylic oxidation sites excluding steroid dienone is 4. The predicted molar refractivity (Wildman–Crippen MR) is 143 cm³/mol. The van der Waals surface area contributed by atoms with Gasteiger partial charge in [0.05, 0.1) is 18.3 Å². The molecule has 1 amide bonds. The Morgan fingerprint density at radius 1 is 1.27 bits per heavy atom. The van der Waals surface area contributed by atoms with Gasteiger partial charge in [-0.1, -0.05) is 18.2 Å². The average molecular weight is 503 g/mol. The van der Waals surface area contributed by atoms with Gasteiger partial charge in [0.1, 0.15) is 23.8 Å². The highest BCUT2D eigenvalue weighted by atomic mass is 16.5. The molecular formula is C29H34N4O4. The molecule has 5 rings (SSSR count). The van der Waals surface area contributed by atoms with Crippen LogP contribution in [0.3, 0.4) is 0 Å². The molecule has 8 nitrogen and oxygen atoms in total. The summed E-state index contributed by atoms with van der Waals surface area (Å²) in [7, 11) is 1.57. The minimum atomic E-state index is -0.00154. The fraction of sp³-hybridized carbons (Fsp3) is 0.414. The smallest absolute Gasteiger partial charge is 0.224 e. The van der Waals surface area contributed by atoms with Crippen LogP contribution in [0.15, 0.2) is 72.2 Å². The van der Waals surface area contributed by atoms with Gasteiger partial charge in [0.15, 0.2) is 5.76 Å². The number of fused-ring (bicyclic) bond motifs is 1. The van der Waals surface area contributed by atoms with E-state index in [1.54, 1.807) is 38.0 Å². The molecule has 1 unspecified atom stereocenters. The van der Waals surface area contributed by atoms with E-state index < -0.39 is 0 Å². The number of aromatic nitrogens is 2. The maximum Gasteiger partial charge on any atom is 0.224 e. The maximum atomic E-state index is 12.8. The molecular weight excluding hydrogens is 468 g/mol. The number of methoxy groups -OCH3 is 1. The summed E-state index contributed by atoms with van der Waals surface area (Å²) >= 11 is 0. The second kappa shape index (κ2) is 12.1. The lowest BCUT2D eigenvalue weighted by molar-refractivity contribution is -0.116. The molecule has 194 valence electrons. The molecule has 37 heavy (non-hydrogen) atoms. The molecule has 3 aliphatic rings. The second-order valence-electron chi connectivity index (χ2n) is 9.69. The number of nitrogens with zero attached hydrogens (tertiary/aromatic N) is 3. The molecule has 2 aliphatic heterocycles. The molecule has 0 bridgehead atoms. The Bertz CT molecular complexity index is 1250. The Balaban J connectivity index is 1.08. The largest absolute Gasteiger partial charge is 0.481 e. The number of ether oxygens (including phenoxy) is 3. The van der Waals surface area contributed by atoms with E-state index in [0.717, 1.165) is 75.2 Å². The Morgan fingerprint density at radius 2 is 2.22 bits per heavy atom. The topological polar surface area (TPSA) is 85.8 Å². The van der Waals surface area contributed by atoms with Crippen molar-refractivity contribution in [2.24, 2.45) is 5.92 Å². The van der Waals surface area contributed by atoms with E-state index in [9.17, 15) is 4.79 Å². The number of pyridine rings is 2. The first kappa shape index (κ1) is 25.0. The van der Waals surface area contributed by atoms with Crippen LogP contribution in [0, 0.1) is 5.92 Å². The SMILES string of the molecule is COc1ccc2nccc(NC(=O)CCC3CCCN(CCC4=COC=C(C5=CC=CCC5)O4)C3)c2n1. The number of hydrogen-bond acceptors (Lipinski definition) is 7. The molecule has 0 saturated carbocycles. The van der Waals surface area contributed by atoms with Crippen molar-refractivity contribution >= 4 is 22.6 Å². The van der Waals surface area contributed by atoms with E-state index in [-0.39, 0.29) is 5.91 Å². The minimum Gasteiger partial charge on any atom is -0.481 e. The molecule has 2 aromatic rings. The Morgan fingerprint density at radius 3 is 3.08 bits per heavy atom. The molecule has 8 heteroatoms. The van der Waals surface area contributed by atoms with Crippen LogP contribution in [0.5, 0.6) is 5.88 Å². The van der Waals surface area contributed by atoms with Crippen LogP contribution in [0.25, 0.3) is 11.0 Å². The average Bonchev–Trinajstić information content (AvgIpc) is 2.96. The lowest BCUT2D eigenvalue weighted by Crippen LogP contribution is -2.36. The Hall–Kier alpha value is -3.65. The molecule has 0 spiro atoms. The molecule has 0 radical (unpaired) electrons. The third kappa shape index (κ3) is 6.57. The lowest BCUT2D eigenvalue weighted by atomic mass is 9.93. The monoisotopic (exact) mass is 502 g/mol. The zero-order valence-electron chi connectivity index (χ0n) is 21.3. The van der Waals surface area contributed by atoms with E-state index in [1.165, 1.54) is 5.57 Å². The number of likely N-dealkylation sites (tertiary alicyclic amines) is 1. The van der Waals surface area contributed by atoms with Gasteiger partial charge in [-0.2, -0.15) is 0 Å². The lowest BCUT2D eigenvalue weighted by Gasteiger charge is -2.33. The second-order valence-corrected chi connectivity index (χ2v) is 9.69. The van der Waals surface area contributed by atoms with Gasteiger partial charge in [0.25, 0.3) is 0 Å². The molecule has 2 aromatic heterocycles. The van der Waals surface area contributed by atoms with Crippen molar-refractivity contribution in [3.05, 3.63) is 72.2 Å². The highest BCUT2D eigenvalue weighted by Gasteiger charge is 2.22.